The molecular formula is C17H20N4O2. The number of nitrogens with two attached hydrogens (primary N) is 2. The fourth-order valence-corrected chi connectivity index (χ4v) is 3.22. The first-order chi connectivity index (χ1) is 10.8. The number of nitrogen functional groups attached to an aromatic ring is 1. The largest absolute Gasteiger partial charge is 0.508 e. The maximum atomic E-state index is 11.9. The molecule has 2 heterocycles. The first-order valence-electron chi connectivity index (χ1n) is 7.50. The van der Waals surface area contributed by atoms with E-state index in [1.165, 1.54) is 0 Å². The van der Waals surface area contributed by atoms with Gasteiger partial charge in [-0.15, -0.1) is 0 Å². The summed E-state index contributed by atoms with van der Waals surface area (Å²) in [5.41, 5.74) is 15.0. The number of anilines is 1. The number of carbonyl (C=O) groups is 1. The van der Waals surface area contributed by atoms with Crippen molar-refractivity contribution in [1.29, 1.82) is 0 Å². The molecular weight excluding hydrogens is 292 g/mol. The van der Waals surface area contributed by atoms with E-state index in [1.54, 1.807) is 10.6 Å². The fourth-order valence-electron chi connectivity index (χ4n) is 3.22. The third kappa shape index (κ3) is 2.18. The molecule has 1 amide bonds. The number of aliphatic hydroxyl groups excluding tert-OH is 1. The molecule has 0 saturated carbocycles. The number of primary amides is 1. The molecule has 2 aromatic rings. The zero-order chi connectivity index (χ0) is 16.9. The van der Waals surface area contributed by atoms with Gasteiger partial charge in [0.25, 0.3) is 5.91 Å². The summed E-state index contributed by atoms with van der Waals surface area (Å²) in [7, 11) is 0. The molecule has 0 aromatic carbocycles. The van der Waals surface area contributed by atoms with Crippen molar-refractivity contribution < 1.29 is 9.90 Å². The molecule has 6 nitrogen and oxygen atoms in total. The highest BCUT2D eigenvalue weighted by Gasteiger charge is 2.27. The smallest absolute Gasteiger partial charge is 0.253 e. The van der Waals surface area contributed by atoms with Crippen LogP contribution in [0.25, 0.3) is 16.7 Å². The average Bonchev–Trinajstić information content (AvgIpc) is 2.76. The quantitative estimate of drug-likeness (QED) is 0.792. The van der Waals surface area contributed by atoms with Crippen LogP contribution in [0.2, 0.25) is 0 Å². The van der Waals surface area contributed by atoms with Crippen LogP contribution in [0.3, 0.4) is 0 Å². The van der Waals surface area contributed by atoms with Crippen molar-refractivity contribution in [3.8, 4) is 0 Å². The van der Waals surface area contributed by atoms with E-state index in [1.807, 2.05) is 32.9 Å². The van der Waals surface area contributed by atoms with Crippen LogP contribution in [-0.2, 0) is 0 Å². The number of carbonyl (C=O) groups excluding carboxylic acids is 1. The predicted octanol–water partition coefficient (Wildman–Crippen LogP) is 2.74. The maximum absolute atomic E-state index is 11.9. The number of aromatic nitrogens is 2. The molecule has 0 unspecified atom stereocenters. The van der Waals surface area contributed by atoms with Crippen molar-refractivity contribution >= 4 is 28.5 Å². The monoisotopic (exact) mass is 312 g/mol. The summed E-state index contributed by atoms with van der Waals surface area (Å²) in [6.45, 7) is 5.76. The van der Waals surface area contributed by atoms with Crippen LogP contribution in [0.5, 0.6) is 0 Å². The summed E-state index contributed by atoms with van der Waals surface area (Å²) in [4.78, 5) is 16.4. The van der Waals surface area contributed by atoms with Gasteiger partial charge in [-0.05, 0) is 38.5 Å². The van der Waals surface area contributed by atoms with Crippen LogP contribution < -0.4 is 11.5 Å². The van der Waals surface area contributed by atoms with E-state index in [0.717, 1.165) is 17.0 Å². The molecule has 23 heavy (non-hydrogen) atoms. The molecule has 1 aliphatic carbocycles. The Hall–Kier alpha value is -2.76. The van der Waals surface area contributed by atoms with Gasteiger partial charge in [0.2, 0.25) is 0 Å². The second-order valence-electron chi connectivity index (χ2n) is 6.02. The van der Waals surface area contributed by atoms with Gasteiger partial charge in [-0.2, -0.15) is 0 Å². The Kier molecular flexibility index (Phi) is 3.39. The van der Waals surface area contributed by atoms with Gasteiger partial charge in [0.15, 0.2) is 0 Å². The summed E-state index contributed by atoms with van der Waals surface area (Å²) in [6, 6.07) is 3.63. The third-order valence-corrected chi connectivity index (χ3v) is 4.38. The highest BCUT2D eigenvalue weighted by molar-refractivity contribution is 6.11. The Balaban J connectivity index is 2.45. The van der Waals surface area contributed by atoms with Gasteiger partial charge in [-0.25, -0.2) is 4.98 Å². The minimum atomic E-state index is -0.585. The molecule has 0 fully saturated rings. The third-order valence-electron chi connectivity index (χ3n) is 4.38. The Morgan fingerprint density at radius 3 is 2.74 bits per heavy atom. The minimum Gasteiger partial charge on any atom is -0.508 e. The molecule has 0 aliphatic heterocycles. The predicted molar refractivity (Wildman–Crippen MR) is 90.8 cm³/mol. The molecule has 1 atom stereocenters. The van der Waals surface area contributed by atoms with Crippen LogP contribution in [-0.4, -0.2) is 20.6 Å². The maximum Gasteiger partial charge on any atom is 0.253 e. The van der Waals surface area contributed by atoms with Gasteiger partial charge >= 0.3 is 0 Å². The van der Waals surface area contributed by atoms with Crippen LogP contribution in [0, 0.1) is 12.8 Å². The van der Waals surface area contributed by atoms with Gasteiger partial charge in [0.05, 0.1) is 5.56 Å². The van der Waals surface area contributed by atoms with E-state index in [0.29, 0.717) is 17.5 Å². The molecule has 6 heteroatoms. The number of pyridine rings is 1. The fraction of sp³-hybridized carbons (Fsp3) is 0.294. The zero-order valence-corrected chi connectivity index (χ0v) is 13.4. The number of aliphatic hydroxyl groups is 1. The van der Waals surface area contributed by atoms with E-state index in [9.17, 15) is 9.90 Å². The number of nitrogens with zero attached hydrogens (tertiary/aromatic N) is 2. The lowest BCUT2D eigenvalue weighted by Crippen LogP contribution is -2.17. The van der Waals surface area contributed by atoms with Gasteiger partial charge < -0.3 is 16.6 Å². The molecule has 0 spiro atoms. The minimum absolute atomic E-state index is 0.131. The number of hydrogen-bond acceptors (Lipinski definition) is 4. The zero-order valence-electron chi connectivity index (χ0n) is 13.4. The van der Waals surface area contributed by atoms with Crippen LogP contribution >= 0.6 is 0 Å². The molecule has 3 rings (SSSR count). The Labute approximate surface area is 134 Å². The van der Waals surface area contributed by atoms with Gasteiger partial charge in [0, 0.05) is 28.3 Å². The van der Waals surface area contributed by atoms with Crippen LogP contribution in [0.1, 0.15) is 36.3 Å². The van der Waals surface area contributed by atoms with Crippen LogP contribution in [0.4, 0.5) is 5.82 Å². The first kappa shape index (κ1) is 15.1. The number of amides is 1. The lowest BCUT2D eigenvalue weighted by molar-refractivity contribution is 0.100. The van der Waals surface area contributed by atoms with Crippen molar-refractivity contribution in [3.63, 3.8) is 0 Å². The van der Waals surface area contributed by atoms with Crippen molar-refractivity contribution in [2.75, 3.05) is 5.73 Å². The topological polar surface area (TPSA) is 107 Å². The number of allylic oxidation sites excluding steroid dienone is 3. The summed E-state index contributed by atoms with van der Waals surface area (Å²) in [6.07, 6.45) is 2.48. The van der Waals surface area contributed by atoms with E-state index < -0.39 is 5.91 Å². The Morgan fingerprint density at radius 2 is 2.09 bits per heavy atom. The molecule has 2 aromatic heterocycles. The van der Waals surface area contributed by atoms with Crippen LogP contribution in [0.15, 0.2) is 29.5 Å². The number of rotatable bonds is 2. The first-order valence-corrected chi connectivity index (χ1v) is 7.50. The number of hydrogen-bond donors (Lipinski definition) is 3. The second-order valence-corrected chi connectivity index (χ2v) is 6.02. The average molecular weight is 312 g/mol. The number of fused-ring (bicyclic) bond motifs is 1. The summed E-state index contributed by atoms with van der Waals surface area (Å²) in [5, 5.41) is 10.7. The molecule has 5 N–H and O–H groups in total. The molecule has 0 saturated heterocycles. The summed E-state index contributed by atoms with van der Waals surface area (Å²) < 4.78 is 1.76. The lowest BCUT2D eigenvalue weighted by atomic mass is 9.93. The SMILES string of the molecule is CC1=C(n2c(N)c(C(N)=O)c3ccc(C)nc32)[C@H](C)CC=C1O. The van der Waals surface area contributed by atoms with Gasteiger partial charge in [-0.3, -0.25) is 9.36 Å². The summed E-state index contributed by atoms with van der Waals surface area (Å²) >= 11 is 0. The molecule has 120 valence electrons. The van der Waals surface area contributed by atoms with E-state index in [-0.39, 0.29) is 23.1 Å². The van der Waals surface area contributed by atoms with E-state index in [2.05, 4.69) is 4.98 Å². The Morgan fingerprint density at radius 1 is 1.39 bits per heavy atom. The highest BCUT2D eigenvalue weighted by atomic mass is 16.3. The molecule has 0 radical (unpaired) electrons. The van der Waals surface area contributed by atoms with Crippen molar-refractivity contribution in [2.24, 2.45) is 11.7 Å². The van der Waals surface area contributed by atoms with Crippen molar-refractivity contribution in [2.45, 2.75) is 27.2 Å². The second kappa shape index (κ2) is 5.15. The highest BCUT2D eigenvalue weighted by Crippen LogP contribution is 2.38. The van der Waals surface area contributed by atoms with E-state index in [4.69, 9.17) is 11.5 Å². The van der Waals surface area contributed by atoms with E-state index >= 15 is 0 Å². The molecule has 0 bridgehead atoms. The Bertz CT molecular complexity index is 890. The van der Waals surface area contributed by atoms with Crippen molar-refractivity contribution in [3.05, 3.63) is 40.8 Å². The summed E-state index contributed by atoms with van der Waals surface area (Å²) in [5.74, 6) is 0.0411. The normalized spacial score (nSPS) is 18.4. The van der Waals surface area contributed by atoms with Gasteiger partial charge in [0.1, 0.15) is 17.2 Å². The van der Waals surface area contributed by atoms with Gasteiger partial charge in [-0.1, -0.05) is 6.92 Å². The van der Waals surface area contributed by atoms with Crippen molar-refractivity contribution in [1.82, 2.24) is 9.55 Å². The molecule has 1 aliphatic rings. The lowest BCUT2D eigenvalue weighted by Gasteiger charge is -2.24. The number of aryl methyl sites for hydroxylation is 1. The standard InChI is InChI=1S/C17H20N4O2/c1-8-4-7-12(22)10(3)14(8)21-15(18)13(16(19)23)11-6-5-9(2)20-17(11)21/h5-8,22H,4,18H2,1-3H3,(H2,19,23)/t8-/m1/s1.